The van der Waals surface area contributed by atoms with Gasteiger partial charge < -0.3 is 9.64 Å². The molecule has 1 atom stereocenters. The van der Waals surface area contributed by atoms with E-state index in [9.17, 15) is 13.2 Å². The van der Waals surface area contributed by atoms with Crippen molar-refractivity contribution in [1.82, 2.24) is 0 Å². The normalized spacial score (nSPS) is 15.4. The minimum Gasteiger partial charge on any atom is -0.497 e. The zero-order valence-corrected chi connectivity index (χ0v) is 18.2. The first-order valence-electron chi connectivity index (χ1n) is 10.0. The summed E-state index contributed by atoms with van der Waals surface area (Å²) in [5.74, 6) is 0.335. The Morgan fingerprint density at radius 2 is 1.65 bits per heavy atom. The van der Waals surface area contributed by atoms with Crippen molar-refractivity contribution in [1.29, 1.82) is 0 Å². The minimum atomic E-state index is -3.95. The number of sulfonamides is 1. The fourth-order valence-electron chi connectivity index (χ4n) is 3.93. The lowest BCUT2D eigenvalue weighted by Gasteiger charge is -2.29. The predicted octanol–water partition coefficient (Wildman–Crippen LogP) is 3.87. The minimum absolute atomic E-state index is 0.0398. The molecule has 0 aliphatic carbocycles. The van der Waals surface area contributed by atoms with Gasteiger partial charge in [-0.25, -0.2) is 8.42 Å². The lowest BCUT2D eigenvalue weighted by molar-refractivity contribution is -0.117. The molecule has 1 aliphatic rings. The second kappa shape index (κ2) is 8.43. The van der Waals surface area contributed by atoms with E-state index in [2.05, 4.69) is 0 Å². The number of amides is 1. The van der Waals surface area contributed by atoms with Crippen LogP contribution in [-0.2, 0) is 21.2 Å². The van der Waals surface area contributed by atoms with E-state index in [1.165, 1.54) is 12.1 Å². The third kappa shape index (κ3) is 4.01. The van der Waals surface area contributed by atoms with Crippen LogP contribution in [-0.4, -0.2) is 34.0 Å². The molecule has 0 unspecified atom stereocenters. The summed E-state index contributed by atoms with van der Waals surface area (Å²) in [6, 6.07) is 22.5. The van der Waals surface area contributed by atoms with Crippen LogP contribution in [0.1, 0.15) is 12.5 Å². The van der Waals surface area contributed by atoms with Crippen LogP contribution in [0.2, 0.25) is 0 Å². The van der Waals surface area contributed by atoms with Crippen LogP contribution in [0, 0.1) is 0 Å². The van der Waals surface area contributed by atoms with Crippen molar-refractivity contribution in [3.63, 3.8) is 0 Å². The van der Waals surface area contributed by atoms with E-state index in [1.54, 1.807) is 54.5 Å². The third-order valence-corrected chi connectivity index (χ3v) is 7.23. The average molecular weight is 437 g/mol. The van der Waals surface area contributed by atoms with Gasteiger partial charge >= 0.3 is 0 Å². The molecule has 31 heavy (non-hydrogen) atoms. The standard InChI is InChI=1S/C24H24N2O4S/c1-18-16-19-8-6-7-11-23(19)26(18)24(27)17-25(20-12-14-21(30-2)15-13-20)31(28,29)22-9-4-3-5-10-22/h3-15,18H,16-17H2,1-2H3/t18-/m0/s1. The van der Waals surface area contributed by atoms with Crippen molar-refractivity contribution >= 4 is 27.3 Å². The molecule has 1 aliphatic heterocycles. The summed E-state index contributed by atoms with van der Waals surface area (Å²) in [6.45, 7) is 1.67. The maximum absolute atomic E-state index is 13.5. The maximum Gasteiger partial charge on any atom is 0.264 e. The Labute approximate surface area is 182 Å². The highest BCUT2D eigenvalue weighted by atomic mass is 32.2. The first kappa shape index (κ1) is 20.9. The molecule has 0 aromatic heterocycles. The van der Waals surface area contributed by atoms with Crippen LogP contribution in [0.3, 0.4) is 0 Å². The fraction of sp³-hybridized carbons (Fsp3) is 0.208. The summed E-state index contributed by atoms with van der Waals surface area (Å²) in [6.07, 6.45) is 0.746. The summed E-state index contributed by atoms with van der Waals surface area (Å²) in [4.78, 5) is 15.2. The molecule has 0 bridgehead atoms. The number of hydrogen-bond acceptors (Lipinski definition) is 4. The van der Waals surface area contributed by atoms with Crippen LogP contribution in [0.25, 0.3) is 0 Å². The van der Waals surface area contributed by atoms with Gasteiger partial charge in [0.05, 0.1) is 17.7 Å². The van der Waals surface area contributed by atoms with Gasteiger partial charge in [0.25, 0.3) is 10.0 Å². The van der Waals surface area contributed by atoms with Gasteiger partial charge in [-0.1, -0.05) is 36.4 Å². The van der Waals surface area contributed by atoms with Crippen molar-refractivity contribution in [2.24, 2.45) is 0 Å². The van der Waals surface area contributed by atoms with Gasteiger partial charge in [0.15, 0.2) is 0 Å². The number of carbonyl (C=O) groups is 1. The molecule has 0 saturated heterocycles. The fourth-order valence-corrected chi connectivity index (χ4v) is 5.36. The Bertz CT molecular complexity index is 1180. The van der Waals surface area contributed by atoms with Gasteiger partial charge in [-0.3, -0.25) is 9.10 Å². The van der Waals surface area contributed by atoms with Gasteiger partial charge in [-0.05, 0) is 61.4 Å². The third-order valence-electron chi connectivity index (χ3n) is 5.45. The van der Waals surface area contributed by atoms with E-state index >= 15 is 0 Å². The molecule has 7 heteroatoms. The van der Waals surface area contributed by atoms with E-state index in [-0.39, 0.29) is 23.4 Å². The highest BCUT2D eigenvalue weighted by molar-refractivity contribution is 7.92. The Kier molecular flexibility index (Phi) is 5.69. The van der Waals surface area contributed by atoms with Crippen molar-refractivity contribution in [3.8, 4) is 5.75 Å². The lowest BCUT2D eigenvalue weighted by atomic mass is 10.1. The summed E-state index contributed by atoms with van der Waals surface area (Å²) >= 11 is 0. The van der Waals surface area contributed by atoms with E-state index < -0.39 is 10.0 Å². The van der Waals surface area contributed by atoms with Crippen molar-refractivity contribution in [3.05, 3.63) is 84.4 Å². The molecule has 0 fully saturated rings. The number of nitrogens with zero attached hydrogens (tertiary/aromatic N) is 2. The smallest absolute Gasteiger partial charge is 0.264 e. The molecule has 4 rings (SSSR count). The zero-order chi connectivity index (χ0) is 22.0. The van der Waals surface area contributed by atoms with Crippen LogP contribution in [0.5, 0.6) is 5.75 Å². The van der Waals surface area contributed by atoms with Gasteiger partial charge in [-0.2, -0.15) is 0 Å². The number of benzene rings is 3. The molecule has 0 radical (unpaired) electrons. The van der Waals surface area contributed by atoms with Crippen LogP contribution in [0.4, 0.5) is 11.4 Å². The maximum atomic E-state index is 13.5. The van der Waals surface area contributed by atoms with Gasteiger partial charge in [-0.15, -0.1) is 0 Å². The molecular weight excluding hydrogens is 412 g/mol. The Morgan fingerprint density at radius 3 is 2.32 bits per heavy atom. The molecule has 0 spiro atoms. The molecule has 1 amide bonds. The first-order valence-corrected chi connectivity index (χ1v) is 11.5. The Balaban J connectivity index is 1.72. The molecule has 0 saturated carbocycles. The SMILES string of the molecule is COc1ccc(N(CC(=O)N2c3ccccc3C[C@@H]2C)S(=O)(=O)c2ccccc2)cc1. The Morgan fingerprint density at radius 1 is 1.00 bits per heavy atom. The zero-order valence-electron chi connectivity index (χ0n) is 17.4. The van der Waals surface area contributed by atoms with Crippen LogP contribution >= 0.6 is 0 Å². The van der Waals surface area contributed by atoms with Crippen LogP contribution in [0.15, 0.2) is 83.8 Å². The van der Waals surface area contributed by atoms with E-state index in [0.29, 0.717) is 11.4 Å². The highest BCUT2D eigenvalue weighted by Gasteiger charge is 2.34. The monoisotopic (exact) mass is 436 g/mol. The predicted molar refractivity (Wildman–Crippen MR) is 121 cm³/mol. The average Bonchev–Trinajstić information content (AvgIpc) is 3.13. The summed E-state index contributed by atoms with van der Waals surface area (Å²) in [5, 5.41) is 0. The lowest BCUT2D eigenvalue weighted by Crippen LogP contribution is -2.45. The molecule has 6 nitrogen and oxygen atoms in total. The number of anilines is 2. The number of para-hydroxylation sites is 1. The molecule has 3 aromatic carbocycles. The van der Waals surface area contributed by atoms with E-state index in [0.717, 1.165) is 22.0 Å². The number of methoxy groups -OCH3 is 1. The molecule has 0 N–H and O–H groups in total. The number of hydrogen-bond donors (Lipinski definition) is 0. The molecule has 160 valence electrons. The van der Waals surface area contributed by atoms with Crippen molar-refractivity contribution < 1.29 is 17.9 Å². The summed E-state index contributed by atoms with van der Waals surface area (Å²) in [5.41, 5.74) is 2.33. The summed E-state index contributed by atoms with van der Waals surface area (Å²) in [7, 11) is -2.40. The highest BCUT2D eigenvalue weighted by Crippen LogP contribution is 2.33. The largest absolute Gasteiger partial charge is 0.497 e. The van der Waals surface area contributed by atoms with E-state index in [4.69, 9.17) is 4.74 Å². The molecule has 3 aromatic rings. The van der Waals surface area contributed by atoms with Crippen molar-refractivity contribution in [2.75, 3.05) is 22.9 Å². The quantitative estimate of drug-likeness (QED) is 0.588. The number of fused-ring (bicyclic) bond motifs is 1. The molecule has 1 heterocycles. The van der Waals surface area contributed by atoms with Crippen LogP contribution < -0.4 is 13.9 Å². The second-order valence-corrected chi connectivity index (χ2v) is 9.33. The first-order chi connectivity index (χ1) is 14.9. The van der Waals surface area contributed by atoms with Gasteiger partial charge in [0.2, 0.25) is 5.91 Å². The molecular formula is C24H24N2O4S. The van der Waals surface area contributed by atoms with E-state index in [1.807, 2.05) is 31.2 Å². The Hall–Kier alpha value is -3.32. The second-order valence-electron chi connectivity index (χ2n) is 7.47. The number of carbonyl (C=O) groups excluding carboxylic acids is 1. The van der Waals surface area contributed by atoms with Gasteiger partial charge in [0.1, 0.15) is 12.3 Å². The number of ether oxygens (including phenoxy) is 1. The topological polar surface area (TPSA) is 66.9 Å². The summed E-state index contributed by atoms with van der Waals surface area (Å²) < 4.78 is 33.3. The number of rotatable bonds is 6. The van der Waals surface area contributed by atoms with Gasteiger partial charge in [0, 0.05) is 11.7 Å². The van der Waals surface area contributed by atoms with Crippen molar-refractivity contribution in [2.45, 2.75) is 24.3 Å².